The van der Waals surface area contributed by atoms with Gasteiger partial charge in [-0.3, -0.25) is 4.79 Å². The van der Waals surface area contributed by atoms with Gasteiger partial charge < -0.3 is 24.8 Å². The summed E-state index contributed by atoms with van der Waals surface area (Å²) in [6.45, 7) is 4.00. The molecule has 154 valence electrons. The molecule has 0 atom stereocenters. The van der Waals surface area contributed by atoms with Gasteiger partial charge in [0.15, 0.2) is 0 Å². The molecule has 0 unspecified atom stereocenters. The number of nitrogens with one attached hydrogen (secondary N) is 1. The molecular formula is C21H27N5O3. The molecule has 2 aromatic rings. The topological polar surface area (TPSA) is 78.0 Å². The smallest absolute Gasteiger partial charge is 0.409 e. The number of ether oxygens (including phenoxy) is 1. The molecule has 1 aromatic carbocycles. The number of piperazine rings is 1. The van der Waals surface area contributed by atoms with Crippen molar-refractivity contribution in [3.8, 4) is 0 Å². The summed E-state index contributed by atoms with van der Waals surface area (Å²) in [5.74, 6) is -0.129. The van der Waals surface area contributed by atoms with Crippen LogP contribution in [0, 0.1) is 0 Å². The van der Waals surface area contributed by atoms with Crippen LogP contribution in [0.4, 0.5) is 21.9 Å². The number of rotatable bonds is 5. The number of carbonyl (C=O) groups is 2. The molecule has 8 nitrogen and oxygen atoms in total. The Kier molecular flexibility index (Phi) is 6.54. The van der Waals surface area contributed by atoms with Crippen LogP contribution in [0.3, 0.4) is 0 Å². The summed E-state index contributed by atoms with van der Waals surface area (Å²) in [5, 5.41) is 3.28. The lowest BCUT2D eigenvalue weighted by Crippen LogP contribution is -2.50. The average molecular weight is 397 g/mol. The highest BCUT2D eigenvalue weighted by Crippen LogP contribution is 2.20. The van der Waals surface area contributed by atoms with E-state index >= 15 is 0 Å². The number of aromatic nitrogens is 1. The second-order valence-corrected chi connectivity index (χ2v) is 6.98. The van der Waals surface area contributed by atoms with Gasteiger partial charge in [-0.1, -0.05) is 0 Å². The third-order valence-electron chi connectivity index (χ3n) is 4.75. The van der Waals surface area contributed by atoms with Crippen molar-refractivity contribution in [2.45, 2.75) is 6.92 Å². The van der Waals surface area contributed by atoms with Crippen LogP contribution in [0.1, 0.15) is 17.4 Å². The van der Waals surface area contributed by atoms with Gasteiger partial charge in [-0.05, 0) is 43.3 Å². The lowest BCUT2D eigenvalue weighted by atomic mass is 10.2. The number of benzene rings is 1. The van der Waals surface area contributed by atoms with Gasteiger partial charge in [0.05, 0.1) is 18.5 Å². The molecule has 0 aliphatic carbocycles. The maximum Gasteiger partial charge on any atom is 0.409 e. The Morgan fingerprint density at radius 2 is 1.62 bits per heavy atom. The molecule has 1 N–H and O–H groups in total. The minimum absolute atomic E-state index is 0.129. The van der Waals surface area contributed by atoms with Crippen LogP contribution in [0.5, 0.6) is 0 Å². The molecule has 2 amide bonds. The Hall–Kier alpha value is -3.29. The normalized spacial score (nSPS) is 13.8. The van der Waals surface area contributed by atoms with E-state index in [1.165, 1.54) is 0 Å². The number of amides is 2. The highest BCUT2D eigenvalue weighted by Gasteiger charge is 2.26. The predicted octanol–water partition coefficient (Wildman–Crippen LogP) is 2.81. The van der Waals surface area contributed by atoms with Crippen molar-refractivity contribution in [2.75, 3.05) is 57.1 Å². The maximum absolute atomic E-state index is 12.7. The highest BCUT2D eigenvalue weighted by atomic mass is 16.6. The summed E-state index contributed by atoms with van der Waals surface area (Å²) in [6, 6.07) is 11.6. The number of carbonyl (C=O) groups excluding carboxylic acids is 2. The quantitative estimate of drug-likeness (QED) is 0.836. The molecule has 2 heterocycles. The van der Waals surface area contributed by atoms with Gasteiger partial charge in [0.1, 0.15) is 5.69 Å². The van der Waals surface area contributed by atoms with Crippen molar-refractivity contribution in [2.24, 2.45) is 0 Å². The van der Waals surface area contributed by atoms with Gasteiger partial charge >= 0.3 is 6.09 Å². The lowest BCUT2D eigenvalue weighted by Gasteiger charge is -2.33. The van der Waals surface area contributed by atoms with Crippen LogP contribution in [-0.2, 0) is 4.74 Å². The zero-order valence-corrected chi connectivity index (χ0v) is 17.1. The number of hydrogen-bond donors (Lipinski definition) is 1. The first kappa shape index (κ1) is 20.4. The van der Waals surface area contributed by atoms with Crippen molar-refractivity contribution in [1.82, 2.24) is 14.8 Å². The molecule has 0 spiro atoms. The summed E-state index contributed by atoms with van der Waals surface area (Å²) < 4.78 is 5.00. The fourth-order valence-electron chi connectivity index (χ4n) is 3.07. The van der Waals surface area contributed by atoms with Gasteiger partial charge in [-0.15, -0.1) is 0 Å². The lowest BCUT2D eigenvalue weighted by molar-refractivity contribution is 0.0566. The van der Waals surface area contributed by atoms with Gasteiger partial charge in [0.2, 0.25) is 0 Å². The van der Waals surface area contributed by atoms with E-state index in [4.69, 9.17) is 4.74 Å². The van der Waals surface area contributed by atoms with E-state index < -0.39 is 0 Å². The van der Waals surface area contributed by atoms with E-state index in [9.17, 15) is 9.59 Å². The first-order valence-electron chi connectivity index (χ1n) is 9.69. The van der Waals surface area contributed by atoms with E-state index in [2.05, 4.69) is 10.3 Å². The van der Waals surface area contributed by atoms with Crippen molar-refractivity contribution in [3.63, 3.8) is 0 Å². The first-order chi connectivity index (χ1) is 14.0. The molecule has 1 saturated heterocycles. The van der Waals surface area contributed by atoms with Crippen molar-refractivity contribution >= 4 is 29.1 Å². The molecule has 1 fully saturated rings. The van der Waals surface area contributed by atoms with E-state index in [0.717, 1.165) is 17.1 Å². The molecule has 29 heavy (non-hydrogen) atoms. The summed E-state index contributed by atoms with van der Waals surface area (Å²) >= 11 is 0. The zero-order chi connectivity index (χ0) is 20.8. The maximum atomic E-state index is 12.7. The van der Waals surface area contributed by atoms with E-state index in [1.807, 2.05) is 49.3 Å². The van der Waals surface area contributed by atoms with Crippen LogP contribution < -0.4 is 10.2 Å². The fraction of sp³-hybridized carbons (Fsp3) is 0.381. The minimum Gasteiger partial charge on any atom is -0.450 e. The Morgan fingerprint density at radius 1 is 1.00 bits per heavy atom. The highest BCUT2D eigenvalue weighted by molar-refractivity contribution is 5.92. The molecular weight excluding hydrogens is 370 g/mol. The molecule has 8 heteroatoms. The summed E-state index contributed by atoms with van der Waals surface area (Å²) in [4.78, 5) is 34.1. The molecule has 0 radical (unpaired) electrons. The Labute approximate surface area is 171 Å². The average Bonchev–Trinajstić information content (AvgIpc) is 2.74. The van der Waals surface area contributed by atoms with Crippen molar-refractivity contribution in [3.05, 3.63) is 48.3 Å². The summed E-state index contributed by atoms with van der Waals surface area (Å²) in [7, 11) is 4.00. The number of anilines is 3. The van der Waals surface area contributed by atoms with Crippen molar-refractivity contribution < 1.29 is 14.3 Å². The number of nitrogens with zero attached hydrogens (tertiary/aromatic N) is 4. The van der Waals surface area contributed by atoms with E-state index in [-0.39, 0.29) is 12.0 Å². The monoisotopic (exact) mass is 397 g/mol. The molecule has 3 rings (SSSR count). The van der Waals surface area contributed by atoms with Gasteiger partial charge in [-0.25, -0.2) is 9.78 Å². The first-order valence-corrected chi connectivity index (χ1v) is 9.69. The molecule has 0 saturated carbocycles. The van der Waals surface area contributed by atoms with E-state index in [0.29, 0.717) is 38.5 Å². The standard InChI is InChI=1S/C21H27N5O3/c1-4-29-21(28)26-13-11-25(12-14-26)20(27)19-10-7-17(15-22-19)23-16-5-8-18(9-6-16)24(2)3/h5-10,15,23H,4,11-14H2,1-3H3. The van der Waals surface area contributed by atoms with Crippen LogP contribution >= 0.6 is 0 Å². The summed E-state index contributed by atoms with van der Waals surface area (Å²) in [5.41, 5.74) is 3.28. The molecule has 1 aromatic heterocycles. The summed E-state index contributed by atoms with van der Waals surface area (Å²) in [6.07, 6.45) is 1.33. The number of pyridine rings is 1. The van der Waals surface area contributed by atoms with Crippen LogP contribution in [-0.4, -0.2) is 73.7 Å². The van der Waals surface area contributed by atoms with Crippen LogP contribution in [0.15, 0.2) is 42.6 Å². The van der Waals surface area contributed by atoms with Crippen LogP contribution in [0.25, 0.3) is 0 Å². The Bertz CT molecular complexity index is 828. The SMILES string of the molecule is CCOC(=O)N1CCN(C(=O)c2ccc(Nc3ccc(N(C)C)cc3)cn2)CC1. The van der Waals surface area contributed by atoms with Gasteiger partial charge in [0.25, 0.3) is 5.91 Å². The molecule has 1 aliphatic rings. The zero-order valence-electron chi connectivity index (χ0n) is 17.1. The fourth-order valence-corrected chi connectivity index (χ4v) is 3.07. The minimum atomic E-state index is -0.327. The van der Waals surface area contributed by atoms with E-state index in [1.54, 1.807) is 29.0 Å². The number of hydrogen-bond acceptors (Lipinski definition) is 6. The Morgan fingerprint density at radius 3 is 2.17 bits per heavy atom. The largest absolute Gasteiger partial charge is 0.450 e. The molecule has 0 bridgehead atoms. The van der Waals surface area contributed by atoms with Crippen LogP contribution in [0.2, 0.25) is 0 Å². The van der Waals surface area contributed by atoms with Gasteiger partial charge in [0, 0.05) is 51.6 Å². The van der Waals surface area contributed by atoms with Gasteiger partial charge in [-0.2, -0.15) is 0 Å². The van der Waals surface area contributed by atoms with Crippen molar-refractivity contribution in [1.29, 1.82) is 0 Å². The predicted molar refractivity (Wildman–Crippen MR) is 113 cm³/mol. The Balaban J connectivity index is 1.56. The molecule has 1 aliphatic heterocycles. The third kappa shape index (κ3) is 5.16. The second kappa shape index (κ2) is 9.27. The second-order valence-electron chi connectivity index (χ2n) is 6.98. The third-order valence-corrected chi connectivity index (χ3v) is 4.75.